The third-order valence-electron chi connectivity index (χ3n) is 3.27. The van der Waals surface area contributed by atoms with Gasteiger partial charge >= 0.3 is 6.18 Å². The van der Waals surface area contributed by atoms with E-state index in [2.05, 4.69) is 14.9 Å². The van der Waals surface area contributed by atoms with E-state index in [1.54, 1.807) is 12.1 Å². The van der Waals surface area contributed by atoms with Gasteiger partial charge < -0.3 is 0 Å². The minimum absolute atomic E-state index is 0.151. The van der Waals surface area contributed by atoms with E-state index in [9.17, 15) is 21.6 Å². The van der Waals surface area contributed by atoms with Crippen molar-refractivity contribution in [2.45, 2.75) is 11.1 Å². The third-order valence-corrected chi connectivity index (χ3v) is 5.12. The monoisotopic (exact) mass is 375 g/mol. The van der Waals surface area contributed by atoms with Gasteiger partial charge in [-0.2, -0.15) is 18.3 Å². The number of hydrogen-bond acceptors (Lipinski definition) is 3. The molecule has 0 fully saturated rings. The fourth-order valence-electron chi connectivity index (χ4n) is 2.14. The number of benzene rings is 2. The number of aromatic amines is 1. The van der Waals surface area contributed by atoms with Crippen molar-refractivity contribution in [3.8, 4) is 0 Å². The molecular weight excluding hydrogens is 367 g/mol. The highest BCUT2D eigenvalue weighted by molar-refractivity contribution is 7.92. The zero-order valence-electron chi connectivity index (χ0n) is 11.7. The zero-order chi connectivity index (χ0) is 17.5. The largest absolute Gasteiger partial charge is 0.416 e. The number of para-hydroxylation sites is 1. The van der Waals surface area contributed by atoms with Gasteiger partial charge in [0, 0.05) is 5.39 Å². The van der Waals surface area contributed by atoms with Crippen molar-refractivity contribution in [3.05, 3.63) is 53.2 Å². The first-order valence-electron chi connectivity index (χ1n) is 6.50. The van der Waals surface area contributed by atoms with E-state index in [0.717, 1.165) is 12.1 Å². The summed E-state index contributed by atoms with van der Waals surface area (Å²) in [6.07, 6.45) is -3.19. The van der Waals surface area contributed by atoms with E-state index in [4.69, 9.17) is 11.6 Å². The summed E-state index contributed by atoms with van der Waals surface area (Å²) in [5.74, 6) is 0. The van der Waals surface area contributed by atoms with Crippen molar-refractivity contribution in [2.24, 2.45) is 0 Å². The van der Waals surface area contributed by atoms with Crippen LogP contribution in [0.4, 0.5) is 18.9 Å². The summed E-state index contributed by atoms with van der Waals surface area (Å²) in [6.45, 7) is 0. The number of aromatic nitrogens is 2. The summed E-state index contributed by atoms with van der Waals surface area (Å²) in [5, 5.41) is 6.75. The van der Waals surface area contributed by atoms with Gasteiger partial charge in [-0.1, -0.05) is 23.7 Å². The van der Waals surface area contributed by atoms with Crippen LogP contribution in [0.1, 0.15) is 5.56 Å². The molecule has 24 heavy (non-hydrogen) atoms. The van der Waals surface area contributed by atoms with Gasteiger partial charge in [0.05, 0.1) is 28.0 Å². The number of alkyl halides is 3. The molecule has 0 saturated carbocycles. The van der Waals surface area contributed by atoms with Crippen molar-refractivity contribution < 1.29 is 21.6 Å². The molecule has 2 aromatic carbocycles. The van der Waals surface area contributed by atoms with Gasteiger partial charge in [-0.15, -0.1) is 0 Å². The Hall–Kier alpha value is -2.26. The van der Waals surface area contributed by atoms with Crippen LogP contribution in [0.2, 0.25) is 5.02 Å². The molecule has 0 radical (unpaired) electrons. The Morgan fingerprint density at radius 3 is 2.62 bits per heavy atom. The standard InChI is InChI=1S/C14H9ClF3N3O2S/c15-10-5-4-9(14(16,17)18)6-12(10)24(22,23)21-11-3-1-2-8-7-19-20-13(8)11/h1-7,21H,(H,19,20). The van der Waals surface area contributed by atoms with Crippen molar-refractivity contribution in [2.75, 3.05) is 4.72 Å². The molecule has 0 unspecified atom stereocenters. The lowest BCUT2D eigenvalue weighted by atomic mass is 10.2. The maximum Gasteiger partial charge on any atom is 0.416 e. The molecule has 3 rings (SSSR count). The van der Waals surface area contributed by atoms with Crippen molar-refractivity contribution in [1.29, 1.82) is 0 Å². The molecule has 0 aliphatic heterocycles. The van der Waals surface area contributed by atoms with Crippen LogP contribution in [0, 0.1) is 0 Å². The Labute approximate surface area is 139 Å². The summed E-state index contributed by atoms with van der Waals surface area (Å²) in [4.78, 5) is -0.657. The van der Waals surface area contributed by atoms with Gasteiger partial charge in [0.15, 0.2) is 0 Å². The van der Waals surface area contributed by atoms with Crippen molar-refractivity contribution in [3.63, 3.8) is 0 Å². The first-order valence-corrected chi connectivity index (χ1v) is 8.36. The summed E-state index contributed by atoms with van der Waals surface area (Å²) in [6, 6.07) is 6.86. The quantitative estimate of drug-likeness (QED) is 0.725. The van der Waals surface area contributed by atoms with Crippen LogP contribution in [0.3, 0.4) is 0 Å². The predicted molar refractivity (Wildman–Crippen MR) is 83.4 cm³/mol. The number of fused-ring (bicyclic) bond motifs is 1. The molecule has 0 aliphatic carbocycles. The fraction of sp³-hybridized carbons (Fsp3) is 0.0714. The lowest BCUT2D eigenvalue weighted by Gasteiger charge is -2.13. The highest BCUT2D eigenvalue weighted by Gasteiger charge is 2.32. The van der Waals surface area contributed by atoms with Gasteiger partial charge in [0.25, 0.3) is 10.0 Å². The number of anilines is 1. The average molecular weight is 376 g/mol. The van der Waals surface area contributed by atoms with Gasteiger partial charge in [0.1, 0.15) is 4.90 Å². The minimum atomic E-state index is -4.68. The van der Waals surface area contributed by atoms with E-state index in [0.29, 0.717) is 17.0 Å². The van der Waals surface area contributed by atoms with Crippen LogP contribution in [0.25, 0.3) is 10.9 Å². The molecule has 0 saturated heterocycles. The van der Waals surface area contributed by atoms with E-state index in [1.807, 2.05) is 0 Å². The molecule has 1 aromatic heterocycles. The van der Waals surface area contributed by atoms with Crippen LogP contribution >= 0.6 is 11.6 Å². The Bertz CT molecular complexity index is 1020. The molecule has 0 spiro atoms. The zero-order valence-corrected chi connectivity index (χ0v) is 13.3. The maximum absolute atomic E-state index is 12.8. The van der Waals surface area contributed by atoms with Crippen LogP contribution in [0.5, 0.6) is 0 Å². The summed E-state index contributed by atoms with van der Waals surface area (Å²) >= 11 is 5.79. The first-order chi connectivity index (χ1) is 11.2. The second-order valence-corrected chi connectivity index (χ2v) is 6.95. The lowest BCUT2D eigenvalue weighted by Crippen LogP contribution is -2.15. The summed E-state index contributed by atoms with van der Waals surface area (Å²) in [5.41, 5.74) is -0.547. The van der Waals surface area contributed by atoms with E-state index >= 15 is 0 Å². The number of halogens is 4. The minimum Gasteiger partial charge on any atom is -0.277 e. The summed E-state index contributed by atoms with van der Waals surface area (Å²) in [7, 11) is -4.33. The van der Waals surface area contributed by atoms with Crippen LogP contribution in [-0.2, 0) is 16.2 Å². The summed E-state index contributed by atoms with van der Waals surface area (Å²) < 4.78 is 65.6. The molecule has 0 amide bonds. The Kier molecular flexibility index (Phi) is 3.92. The van der Waals surface area contributed by atoms with E-state index < -0.39 is 26.7 Å². The normalized spacial score (nSPS) is 12.5. The SMILES string of the molecule is O=S(=O)(Nc1cccc2cn[nH]c12)c1cc(C(F)(F)F)ccc1Cl. The number of H-pyrrole nitrogens is 1. The molecule has 2 N–H and O–H groups in total. The van der Waals surface area contributed by atoms with Crippen molar-refractivity contribution in [1.82, 2.24) is 10.2 Å². The number of sulfonamides is 1. The molecule has 5 nitrogen and oxygen atoms in total. The van der Waals surface area contributed by atoms with Gasteiger partial charge in [-0.25, -0.2) is 8.42 Å². The molecular formula is C14H9ClF3N3O2S. The Morgan fingerprint density at radius 2 is 1.92 bits per heavy atom. The average Bonchev–Trinajstić information content (AvgIpc) is 2.95. The van der Waals surface area contributed by atoms with Gasteiger partial charge in [0.2, 0.25) is 0 Å². The molecule has 0 aliphatic rings. The predicted octanol–water partition coefficient (Wildman–Crippen LogP) is 4.04. The molecule has 1 heterocycles. The smallest absolute Gasteiger partial charge is 0.277 e. The maximum atomic E-state index is 12.8. The molecule has 10 heteroatoms. The molecule has 3 aromatic rings. The third kappa shape index (κ3) is 3.04. The highest BCUT2D eigenvalue weighted by atomic mass is 35.5. The van der Waals surface area contributed by atoms with Crippen molar-refractivity contribution >= 4 is 38.2 Å². The van der Waals surface area contributed by atoms with Crippen LogP contribution < -0.4 is 4.72 Å². The van der Waals surface area contributed by atoms with E-state index in [-0.39, 0.29) is 10.7 Å². The number of nitrogens with one attached hydrogen (secondary N) is 2. The topological polar surface area (TPSA) is 74.8 Å². The number of rotatable bonds is 3. The van der Waals surface area contributed by atoms with Gasteiger partial charge in [-0.3, -0.25) is 9.82 Å². The lowest BCUT2D eigenvalue weighted by molar-refractivity contribution is -0.137. The molecule has 126 valence electrons. The number of nitrogens with zero attached hydrogens (tertiary/aromatic N) is 1. The van der Waals surface area contributed by atoms with Crippen LogP contribution in [0.15, 0.2) is 47.5 Å². The second-order valence-electron chi connectivity index (χ2n) is 4.89. The Morgan fingerprint density at radius 1 is 1.17 bits per heavy atom. The first kappa shape index (κ1) is 16.6. The Balaban J connectivity index is 2.07. The molecule has 0 bridgehead atoms. The van der Waals surface area contributed by atoms with Crippen LogP contribution in [-0.4, -0.2) is 18.6 Å². The second kappa shape index (κ2) is 5.67. The molecule has 0 atom stereocenters. The fourth-order valence-corrected chi connectivity index (χ4v) is 3.74. The number of hydrogen-bond donors (Lipinski definition) is 2. The highest BCUT2D eigenvalue weighted by Crippen LogP contribution is 2.34. The van der Waals surface area contributed by atoms with E-state index in [1.165, 1.54) is 12.3 Å². The van der Waals surface area contributed by atoms with Gasteiger partial charge in [-0.05, 0) is 24.3 Å².